The summed E-state index contributed by atoms with van der Waals surface area (Å²) in [7, 11) is 0. The van der Waals surface area contributed by atoms with E-state index in [2.05, 4.69) is 28.1 Å². The van der Waals surface area contributed by atoms with E-state index in [1.54, 1.807) is 0 Å². The second-order valence-corrected chi connectivity index (χ2v) is 5.39. The summed E-state index contributed by atoms with van der Waals surface area (Å²) >= 11 is 0. The molecule has 4 rings (SSSR count). The van der Waals surface area contributed by atoms with Gasteiger partial charge in [0.15, 0.2) is 5.66 Å². The lowest BCUT2D eigenvalue weighted by atomic mass is 9.95. The number of benzene rings is 2. The van der Waals surface area contributed by atoms with Crippen molar-refractivity contribution in [2.24, 2.45) is 0 Å². The first kappa shape index (κ1) is 11.5. The highest BCUT2D eigenvalue weighted by molar-refractivity contribution is 6.07. The molecule has 4 heteroatoms. The van der Waals surface area contributed by atoms with E-state index in [4.69, 9.17) is 0 Å². The summed E-state index contributed by atoms with van der Waals surface area (Å²) in [4.78, 5) is 12.5. The summed E-state index contributed by atoms with van der Waals surface area (Å²) < 4.78 is 0. The number of aryl methyl sites for hydroxylation is 1. The first-order valence-corrected chi connectivity index (χ1v) is 6.73. The van der Waals surface area contributed by atoms with Gasteiger partial charge in [-0.05, 0) is 30.7 Å². The zero-order chi connectivity index (χ0) is 13.7. The van der Waals surface area contributed by atoms with Crippen molar-refractivity contribution >= 4 is 17.3 Å². The zero-order valence-electron chi connectivity index (χ0n) is 11.2. The molecule has 1 atom stereocenters. The summed E-state index contributed by atoms with van der Waals surface area (Å²) in [5.41, 5.74) is 4.32. The smallest absolute Gasteiger partial charge is 0.270 e. The van der Waals surface area contributed by atoms with Crippen LogP contribution in [-0.4, -0.2) is 5.91 Å². The van der Waals surface area contributed by atoms with Crippen molar-refractivity contribution in [2.75, 3.05) is 10.6 Å². The van der Waals surface area contributed by atoms with Crippen molar-refractivity contribution in [1.29, 1.82) is 0 Å². The van der Waals surface area contributed by atoms with E-state index in [0.717, 1.165) is 22.5 Å². The van der Waals surface area contributed by atoms with Gasteiger partial charge in [0.1, 0.15) is 0 Å². The van der Waals surface area contributed by atoms with Crippen LogP contribution in [0.3, 0.4) is 0 Å². The number of carbonyl (C=O) groups is 1. The van der Waals surface area contributed by atoms with Crippen LogP contribution in [0.1, 0.15) is 16.7 Å². The second-order valence-electron chi connectivity index (χ2n) is 5.39. The Balaban J connectivity index is 1.87. The summed E-state index contributed by atoms with van der Waals surface area (Å²) in [6.45, 7) is 2.71. The van der Waals surface area contributed by atoms with Crippen molar-refractivity contribution in [3.05, 3.63) is 59.2 Å². The molecule has 1 unspecified atom stereocenters. The monoisotopic (exact) mass is 265 g/mol. The Hall–Kier alpha value is -2.33. The van der Waals surface area contributed by atoms with Crippen molar-refractivity contribution in [2.45, 2.75) is 19.1 Å². The number of nitrogens with one attached hydrogen (secondary N) is 3. The van der Waals surface area contributed by atoms with Crippen LogP contribution in [0.5, 0.6) is 0 Å². The summed E-state index contributed by atoms with van der Waals surface area (Å²) in [5, 5.41) is 9.70. The highest BCUT2D eigenvalue weighted by atomic mass is 16.2. The molecule has 20 heavy (non-hydrogen) atoms. The maximum atomic E-state index is 12.5. The highest BCUT2D eigenvalue weighted by Gasteiger charge is 2.48. The fraction of sp³-hybridized carbons (Fsp3) is 0.188. The molecule has 0 aromatic heterocycles. The molecular formula is C16H15N3O. The highest BCUT2D eigenvalue weighted by Crippen LogP contribution is 2.40. The second kappa shape index (κ2) is 3.84. The van der Waals surface area contributed by atoms with Crippen LogP contribution in [0.2, 0.25) is 0 Å². The number of hydrogen-bond donors (Lipinski definition) is 3. The first-order valence-electron chi connectivity index (χ1n) is 6.73. The van der Waals surface area contributed by atoms with Gasteiger partial charge in [-0.3, -0.25) is 10.1 Å². The predicted octanol–water partition coefficient (Wildman–Crippen LogP) is 2.32. The van der Waals surface area contributed by atoms with E-state index >= 15 is 0 Å². The van der Waals surface area contributed by atoms with Gasteiger partial charge in [0.25, 0.3) is 5.91 Å². The molecule has 0 bridgehead atoms. The van der Waals surface area contributed by atoms with E-state index in [1.165, 1.54) is 5.56 Å². The van der Waals surface area contributed by atoms with Crippen LogP contribution in [0, 0.1) is 6.92 Å². The Bertz CT molecular complexity index is 725. The van der Waals surface area contributed by atoms with E-state index in [-0.39, 0.29) is 5.91 Å². The van der Waals surface area contributed by atoms with Crippen molar-refractivity contribution in [3.8, 4) is 0 Å². The van der Waals surface area contributed by atoms with Crippen molar-refractivity contribution in [1.82, 2.24) is 5.32 Å². The third kappa shape index (κ3) is 1.42. The number of rotatable bonds is 0. The molecule has 1 spiro atoms. The number of amides is 1. The van der Waals surface area contributed by atoms with Gasteiger partial charge in [0.2, 0.25) is 0 Å². The number of carbonyl (C=O) groups excluding carboxylic acids is 1. The van der Waals surface area contributed by atoms with Gasteiger partial charge >= 0.3 is 0 Å². The van der Waals surface area contributed by atoms with Crippen molar-refractivity contribution in [3.63, 3.8) is 0 Å². The number of para-hydroxylation sites is 1. The van der Waals surface area contributed by atoms with Gasteiger partial charge in [-0.1, -0.05) is 29.8 Å². The molecule has 100 valence electrons. The van der Waals surface area contributed by atoms with Crippen LogP contribution in [-0.2, 0) is 17.0 Å². The van der Waals surface area contributed by atoms with Crippen LogP contribution >= 0.6 is 0 Å². The van der Waals surface area contributed by atoms with Crippen LogP contribution in [0.15, 0.2) is 42.5 Å². The topological polar surface area (TPSA) is 53.2 Å². The minimum absolute atomic E-state index is 0.0485. The minimum Gasteiger partial charge on any atom is -0.355 e. The number of fused-ring (bicyclic) bond motifs is 3. The third-order valence-electron chi connectivity index (χ3n) is 4.05. The fourth-order valence-corrected chi connectivity index (χ4v) is 2.99. The molecule has 0 fully saturated rings. The number of anilines is 2. The van der Waals surface area contributed by atoms with E-state index in [9.17, 15) is 4.79 Å². The quantitative estimate of drug-likeness (QED) is 0.685. The zero-order valence-corrected chi connectivity index (χ0v) is 11.2. The van der Waals surface area contributed by atoms with Gasteiger partial charge in [-0.15, -0.1) is 0 Å². The van der Waals surface area contributed by atoms with Gasteiger partial charge in [0.05, 0.1) is 0 Å². The van der Waals surface area contributed by atoms with Crippen molar-refractivity contribution < 1.29 is 4.79 Å². The molecular weight excluding hydrogens is 250 g/mol. The average molecular weight is 265 g/mol. The Kier molecular flexibility index (Phi) is 2.20. The van der Waals surface area contributed by atoms with E-state index in [0.29, 0.717) is 6.54 Å². The summed E-state index contributed by atoms with van der Waals surface area (Å²) in [6.07, 6.45) is 0. The Morgan fingerprint density at radius 2 is 1.95 bits per heavy atom. The lowest BCUT2D eigenvalue weighted by Crippen LogP contribution is -2.56. The first-order chi connectivity index (χ1) is 9.69. The molecule has 2 aromatic carbocycles. The molecule has 2 aromatic rings. The lowest BCUT2D eigenvalue weighted by molar-refractivity contribution is -0.121. The summed E-state index contributed by atoms with van der Waals surface area (Å²) in [6, 6.07) is 14.1. The van der Waals surface area contributed by atoms with Gasteiger partial charge in [0, 0.05) is 23.5 Å². The molecule has 3 N–H and O–H groups in total. The molecule has 4 nitrogen and oxygen atoms in total. The molecule has 0 radical (unpaired) electrons. The fourth-order valence-electron chi connectivity index (χ4n) is 2.99. The molecule has 2 heterocycles. The van der Waals surface area contributed by atoms with Gasteiger partial charge < -0.3 is 10.6 Å². The standard InChI is InChI=1S/C16H15N3O/c1-10-6-7-14-12(8-10)16(15(20)18-14)17-9-11-4-2-3-5-13(11)19-16/h2-8,17,19H,9H2,1H3,(H,18,20). The lowest BCUT2D eigenvalue weighted by Gasteiger charge is -2.36. The molecule has 2 aliphatic heterocycles. The summed E-state index contributed by atoms with van der Waals surface area (Å²) in [5.74, 6) is -0.0485. The van der Waals surface area contributed by atoms with Gasteiger partial charge in [-0.2, -0.15) is 0 Å². The Morgan fingerprint density at radius 3 is 2.85 bits per heavy atom. The predicted molar refractivity (Wildman–Crippen MR) is 78.4 cm³/mol. The minimum atomic E-state index is -0.851. The molecule has 1 amide bonds. The largest absolute Gasteiger partial charge is 0.355 e. The number of hydrogen-bond acceptors (Lipinski definition) is 3. The van der Waals surface area contributed by atoms with Crippen LogP contribution < -0.4 is 16.0 Å². The normalized spacial score (nSPS) is 22.9. The molecule has 0 saturated heterocycles. The Labute approximate surface area is 117 Å². The molecule has 0 saturated carbocycles. The maximum Gasteiger partial charge on any atom is 0.270 e. The molecule has 0 aliphatic carbocycles. The van der Waals surface area contributed by atoms with Crippen LogP contribution in [0.25, 0.3) is 0 Å². The third-order valence-corrected chi connectivity index (χ3v) is 4.05. The SMILES string of the molecule is Cc1ccc2c(c1)C1(NCc3ccccc3N1)C(=O)N2. The van der Waals surface area contributed by atoms with E-state index in [1.807, 2.05) is 37.3 Å². The Morgan fingerprint density at radius 1 is 1.10 bits per heavy atom. The van der Waals surface area contributed by atoms with E-state index < -0.39 is 5.66 Å². The maximum absolute atomic E-state index is 12.5. The average Bonchev–Trinajstić information content (AvgIpc) is 2.72. The molecule has 2 aliphatic rings. The van der Waals surface area contributed by atoms with Gasteiger partial charge in [-0.25, -0.2) is 0 Å². The van der Waals surface area contributed by atoms with Crippen LogP contribution in [0.4, 0.5) is 11.4 Å².